The fourth-order valence-corrected chi connectivity index (χ4v) is 6.60. The Bertz CT molecular complexity index is 1690. The summed E-state index contributed by atoms with van der Waals surface area (Å²) in [6, 6.07) is 19.5. The van der Waals surface area contributed by atoms with Crippen LogP contribution in [0.1, 0.15) is 86.3 Å². The zero-order valence-corrected chi connectivity index (χ0v) is 31.9. The number of likely N-dealkylation sites (tertiary alicyclic amines) is 1. The Kier molecular flexibility index (Phi) is 15.4. The number of hydrogen-bond donors (Lipinski definition) is 4. The topological polar surface area (TPSA) is 147 Å². The lowest BCUT2D eigenvalue weighted by Crippen LogP contribution is -2.58. The average Bonchev–Trinajstić information content (AvgIpc) is 3.19. The van der Waals surface area contributed by atoms with Gasteiger partial charge in [-0.25, -0.2) is 4.79 Å². The zero-order valence-electron chi connectivity index (χ0n) is 31.9. The number of aliphatic carboxylic acids is 1. The van der Waals surface area contributed by atoms with Gasteiger partial charge in [0.05, 0.1) is 24.2 Å². The van der Waals surface area contributed by atoms with E-state index in [1.165, 1.54) is 0 Å². The molecule has 1 saturated heterocycles. The number of benzene rings is 2. The van der Waals surface area contributed by atoms with Crippen molar-refractivity contribution in [3.8, 4) is 5.75 Å². The van der Waals surface area contributed by atoms with Gasteiger partial charge < -0.3 is 40.2 Å². The maximum Gasteiger partial charge on any atom is 0.329 e. The van der Waals surface area contributed by atoms with Crippen molar-refractivity contribution in [2.75, 3.05) is 58.5 Å². The van der Waals surface area contributed by atoms with Crippen molar-refractivity contribution in [3.63, 3.8) is 0 Å². The number of pyridine rings is 1. The number of unbranched alkanes of at least 4 members (excludes halogenated alkanes) is 2. The predicted molar refractivity (Wildman–Crippen MR) is 212 cm³/mol. The van der Waals surface area contributed by atoms with Gasteiger partial charge in [0.1, 0.15) is 18.2 Å². The fraction of sp³-hybridized carbons (Fsp3) is 0.476. The van der Waals surface area contributed by atoms with Gasteiger partial charge in [-0.05, 0) is 113 Å². The number of carbonyl (C=O) groups excluding carboxylic acids is 1. The summed E-state index contributed by atoms with van der Waals surface area (Å²) in [6.45, 7) is 7.95. The number of carboxylic acids is 1. The summed E-state index contributed by atoms with van der Waals surface area (Å²) in [5.41, 5.74) is 4.17. The zero-order chi connectivity index (χ0) is 38.2. The largest absolute Gasteiger partial charge is 0.494 e. The van der Waals surface area contributed by atoms with E-state index in [9.17, 15) is 9.59 Å². The van der Waals surface area contributed by atoms with Crippen molar-refractivity contribution >= 4 is 29.1 Å². The Morgan fingerprint density at radius 1 is 0.963 bits per heavy atom. The molecule has 12 nitrogen and oxygen atoms in total. The van der Waals surface area contributed by atoms with Crippen LogP contribution in [0.4, 0.5) is 5.69 Å². The number of nitrogens with zero attached hydrogens (tertiary/aromatic N) is 3. The Morgan fingerprint density at radius 2 is 1.69 bits per heavy atom. The second-order valence-corrected chi connectivity index (χ2v) is 14.1. The lowest BCUT2D eigenvalue weighted by Gasteiger charge is -2.44. The molecule has 54 heavy (non-hydrogen) atoms. The highest BCUT2D eigenvalue weighted by Crippen LogP contribution is 2.32. The number of nitrogens with one attached hydrogen (secondary N) is 3. The number of carbonyl (C=O) groups is 2. The molecule has 3 heterocycles. The molecule has 0 radical (unpaired) electrons. The van der Waals surface area contributed by atoms with Crippen LogP contribution in [0, 0.1) is 0 Å². The van der Waals surface area contributed by atoms with Crippen LogP contribution in [0.2, 0.25) is 0 Å². The Labute approximate surface area is 319 Å². The third-order valence-electron chi connectivity index (χ3n) is 9.85. The molecular formula is C42H56N6O6. The molecule has 290 valence electrons. The molecule has 5 rings (SSSR count). The third kappa shape index (κ3) is 12.1. The van der Waals surface area contributed by atoms with Gasteiger partial charge in [0.2, 0.25) is 0 Å². The maximum atomic E-state index is 13.5. The van der Waals surface area contributed by atoms with Crippen molar-refractivity contribution in [3.05, 3.63) is 95.8 Å². The van der Waals surface area contributed by atoms with Crippen LogP contribution in [0.15, 0.2) is 84.1 Å². The monoisotopic (exact) mass is 740 g/mol. The molecule has 1 unspecified atom stereocenters. The van der Waals surface area contributed by atoms with Crippen molar-refractivity contribution in [1.82, 2.24) is 20.5 Å². The van der Waals surface area contributed by atoms with Crippen molar-refractivity contribution < 1.29 is 28.9 Å². The molecule has 1 fully saturated rings. The van der Waals surface area contributed by atoms with Crippen LogP contribution in [-0.2, 0) is 14.3 Å². The van der Waals surface area contributed by atoms with E-state index >= 15 is 0 Å². The molecule has 4 N–H and O–H groups in total. The van der Waals surface area contributed by atoms with Crippen LogP contribution in [-0.4, -0.2) is 97.5 Å². The number of anilines is 1. The van der Waals surface area contributed by atoms with E-state index < -0.39 is 11.5 Å². The summed E-state index contributed by atoms with van der Waals surface area (Å²) in [4.78, 5) is 35.7. The van der Waals surface area contributed by atoms with Gasteiger partial charge in [-0.1, -0.05) is 25.1 Å². The number of piperidine rings is 1. The number of aliphatic imine (C=N–C) groups is 1. The summed E-state index contributed by atoms with van der Waals surface area (Å²) in [6.07, 6.45) is 12.0. The average molecular weight is 741 g/mol. The second-order valence-electron chi connectivity index (χ2n) is 14.1. The van der Waals surface area contributed by atoms with E-state index in [4.69, 9.17) is 24.3 Å². The Balaban J connectivity index is 1.11. The summed E-state index contributed by atoms with van der Waals surface area (Å²) in [5, 5.41) is 19.3. The van der Waals surface area contributed by atoms with Gasteiger partial charge >= 0.3 is 5.97 Å². The highest BCUT2D eigenvalue weighted by Gasteiger charge is 2.40. The standard InChI is InChI=1S/C42H56N6O6/c1-4-35-29-38(33-16-20-43-21-17-33)46-41(45-35)42(18-22-48(3)23-19-42)47-36-11-8-10-34(28-36)40(51)44-31(2)32-12-14-37(15-13-32)54-27-7-5-6-24-52-25-9-26-53-30-39(49)50/h8,10-17,20-21,28-29,31,35,47H,4-7,9,18-19,22-27,30H2,1-3H3,(H,44,51)(H,45,46)(H,49,50)/t31-,35?/m1/s1. The van der Waals surface area contributed by atoms with E-state index in [0.29, 0.717) is 38.4 Å². The van der Waals surface area contributed by atoms with Gasteiger partial charge in [-0.3, -0.25) is 14.8 Å². The highest BCUT2D eigenvalue weighted by atomic mass is 16.5. The summed E-state index contributed by atoms with van der Waals surface area (Å²) >= 11 is 0. The minimum Gasteiger partial charge on any atom is -0.494 e. The first kappa shape index (κ1) is 40.4. The molecule has 1 aromatic heterocycles. The maximum absolute atomic E-state index is 13.5. The quantitative estimate of drug-likeness (QED) is 0.0915. The van der Waals surface area contributed by atoms with E-state index in [1.807, 2.05) is 80.0 Å². The fourth-order valence-electron chi connectivity index (χ4n) is 6.60. The number of rotatable bonds is 21. The number of amidine groups is 1. The molecule has 0 aliphatic carbocycles. The molecule has 12 heteroatoms. The lowest BCUT2D eigenvalue weighted by atomic mass is 9.84. The Hall–Kier alpha value is -4.78. The van der Waals surface area contributed by atoms with Crippen LogP contribution >= 0.6 is 0 Å². The van der Waals surface area contributed by atoms with Crippen molar-refractivity contribution in [2.24, 2.45) is 4.99 Å². The molecule has 1 amide bonds. The molecular weight excluding hydrogens is 684 g/mol. The van der Waals surface area contributed by atoms with Crippen LogP contribution < -0.4 is 20.7 Å². The highest BCUT2D eigenvalue weighted by molar-refractivity contribution is 6.01. The van der Waals surface area contributed by atoms with Gasteiger partial charge in [-0.15, -0.1) is 0 Å². The van der Waals surface area contributed by atoms with Crippen molar-refractivity contribution in [2.45, 2.75) is 76.4 Å². The van der Waals surface area contributed by atoms with Crippen LogP contribution in [0.3, 0.4) is 0 Å². The second kappa shape index (κ2) is 20.6. The Morgan fingerprint density at radius 3 is 2.43 bits per heavy atom. The number of amides is 1. The van der Waals surface area contributed by atoms with Gasteiger partial charge in [0.15, 0.2) is 0 Å². The summed E-state index contributed by atoms with van der Waals surface area (Å²) < 4.78 is 16.5. The third-order valence-corrected chi connectivity index (χ3v) is 9.85. The summed E-state index contributed by atoms with van der Waals surface area (Å²) in [7, 11) is 2.15. The van der Waals surface area contributed by atoms with Crippen LogP contribution in [0.5, 0.6) is 5.75 Å². The molecule has 3 aromatic rings. The molecule has 2 aliphatic rings. The van der Waals surface area contributed by atoms with Gasteiger partial charge in [0.25, 0.3) is 5.91 Å². The number of aromatic nitrogens is 1. The number of hydrogen-bond acceptors (Lipinski definition) is 10. The minimum atomic E-state index is -0.959. The molecule has 0 bridgehead atoms. The molecule has 0 saturated carbocycles. The molecule has 0 spiro atoms. The predicted octanol–water partition coefficient (Wildman–Crippen LogP) is 6.33. The van der Waals surface area contributed by atoms with Crippen molar-refractivity contribution in [1.29, 1.82) is 0 Å². The first-order valence-electron chi connectivity index (χ1n) is 19.2. The number of ether oxygens (including phenoxy) is 3. The summed E-state index contributed by atoms with van der Waals surface area (Å²) in [5.74, 6) is 0.636. The van der Waals surface area contributed by atoms with Gasteiger partial charge in [0, 0.05) is 67.8 Å². The molecule has 2 aliphatic heterocycles. The lowest BCUT2D eigenvalue weighted by molar-refractivity contribution is -0.142. The number of carboxylic acid groups (broad SMARTS) is 1. The smallest absolute Gasteiger partial charge is 0.329 e. The van der Waals surface area contributed by atoms with E-state index in [0.717, 1.165) is 85.7 Å². The first-order chi connectivity index (χ1) is 26.2. The minimum absolute atomic E-state index is 0.0658. The first-order valence-corrected chi connectivity index (χ1v) is 19.2. The normalized spacial score (nSPS) is 17.4. The molecule has 2 aromatic carbocycles. The molecule has 2 atom stereocenters. The van der Waals surface area contributed by atoms with Crippen LogP contribution in [0.25, 0.3) is 5.70 Å². The SMILES string of the molecule is CCC1C=C(c2ccncc2)NC(C2(Nc3cccc(C(=O)N[C@H](C)c4ccc(OCCCCCOCCCOCC(=O)O)cc4)c3)CCN(C)CC2)=N1. The van der Waals surface area contributed by atoms with Gasteiger partial charge in [-0.2, -0.15) is 0 Å². The van der Waals surface area contributed by atoms with E-state index in [2.05, 4.69) is 45.9 Å². The van der Waals surface area contributed by atoms with E-state index in [-0.39, 0.29) is 24.6 Å². The van der Waals surface area contributed by atoms with E-state index in [1.54, 1.807) is 0 Å².